The van der Waals surface area contributed by atoms with Gasteiger partial charge in [-0.3, -0.25) is 0 Å². The normalized spacial score (nSPS) is 8.36. The lowest BCUT2D eigenvalue weighted by Crippen LogP contribution is -2.09. The standard InChI is InChI=1S/C7H8O4/c1-3-6(8)11-4-5(2)7(9)10/h3H,1-2,4H2,(H,9,10). The molecule has 4 nitrogen and oxygen atoms in total. The highest BCUT2D eigenvalue weighted by Gasteiger charge is 2.05. The molecule has 11 heavy (non-hydrogen) atoms. The number of ether oxygens (including phenoxy) is 1. The smallest absolute Gasteiger partial charge is 0.334 e. The van der Waals surface area contributed by atoms with Crippen LogP contribution in [0.25, 0.3) is 0 Å². The first-order chi connectivity index (χ1) is 5.07. The van der Waals surface area contributed by atoms with Crippen LogP contribution in [0.3, 0.4) is 0 Å². The molecule has 0 aliphatic heterocycles. The van der Waals surface area contributed by atoms with Gasteiger partial charge in [0.2, 0.25) is 0 Å². The number of rotatable bonds is 4. The van der Waals surface area contributed by atoms with Crippen molar-refractivity contribution in [3.05, 3.63) is 24.8 Å². The van der Waals surface area contributed by atoms with Crippen LogP contribution in [0.15, 0.2) is 24.8 Å². The van der Waals surface area contributed by atoms with E-state index in [2.05, 4.69) is 17.9 Å². The molecule has 0 heterocycles. The van der Waals surface area contributed by atoms with Crippen molar-refractivity contribution < 1.29 is 19.4 Å². The Morgan fingerprint density at radius 3 is 2.45 bits per heavy atom. The molecule has 0 aromatic heterocycles. The van der Waals surface area contributed by atoms with Gasteiger partial charge in [-0.15, -0.1) is 0 Å². The van der Waals surface area contributed by atoms with Crippen LogP contribution in [0, 0.1) is 0 Å². The van der Waals surface area contributed by atoms with Crippen LogP contribution in [-0.4, -0.2) is 23.7 Å². The van der Waals surface area contributed by atoms with Gasteiger partial charge < -0.3 is 9.84 Å². The van der Waals surface area contributed by atoms with E-state index in [4.69, 9.17) is 5.11 Å². The van der Waals surface area contributed by atoms with E-state index in [9.17, 15) is 9.59 Å². The lowest BCUT2D eigenvalue weighted by molar-refractivity contribution is -0.138. The van der Waals surface area contributed by atoms with Crippen molar-refractivity contribution in [3.63, 3.8) is 0 Å². The Bertz CT molecular complexity index is 204. The minimum Gasteiger partial charge on any atom is -0.478 e. The average molecular weight is 156 g/mol. The van der Waals surface area contributed by atoms with Gasteiger partial charge in [-0.2, -0.15) is 0 Å². The summed E-state index contributed by atoms with van der Waals surface area (Å²) in [7, 11) is 0. The number of carboxylic acids is 1. The molecule has 0 atom stereocenters. The van der Waals surface area contributed by atoms with Gasteiger partial charge in [0, 0.05) is 6.08 Å². The van der Waals surface area contributed by atoms with Gasteiger partial charge in [0.1, 0.15) is 6.61 Å². The number of esters is 1. The molecule has 60 valence electrons. The van der Waals surface area contributed by atoms with Gasteiger partial charge in [-0.1, -0.05) is 13.2 Å². The minimum absolute atomic E-state index is 0.166. The second-order valence-corrected chi connectivity index (χ2v) is 1.72. The fourth-order valence-corrected chi connectivity index (χ4v) is 0.279. The lowest BCUT2D eigenvalue weighted by atomic mass is 10.3. The zero-order valence-electron chi connectivity index (χ0n) is 5.87. The van der Waals surface area contributed by atoms with Crippen molar-refractivity contribution in [2.24, 2.45) is 0 Å². The summed E-state index contributed by atoms with van der Waals surface area (Å²) in [5.74, 6) is -1.84. The van der Waals surface area contributed by atoms with Crippen LogP contribution in [-0.2, 0) is 14.3 Å². The summed E-state index contributed by atoms with van der Waals surface area (Å²) in [5, 5.41) is 8.25. The van der Waals surface area contributed by atoms with E-state index in [1.54, 1.807) is 0 Å². The molecular weight excluding hydrogens is 148 g/mol. The molecule has 0 radical (unpaired) electrons. The highest BCUT2D eigenvalue weighted by molar-refractivity contribution is 5.87. The third-order valence-corrected chi connectivity index (χ3v) is 0.858. The van der Waals surface area contributed by atoms with E-state index in [1.807, 2.05) is 0 Å². The summed E-state index contributed by atoms with van der Waals surface area (Å²) in [6, 6.07) is 0. The van der Waals surface area contributed by atoms with Crippen LogP contribution in [0.1, 0.15) is 0 Å². The molecule has 0 aliphatic rings. The summed E-state index contributed by atoms with van der Waals surface area (Å²) in [6.45, 7) is 5.98. The molecular formula is C7H8O4. The predicted octanol–water partition coefficient (Wildman–Crippen LogP) is 0.356. The van der Waals surface area contributed by atoms with Crippen LogP contribution in [0.4, 0.5) is 0 Å². The zero-order valence-corrected chi connectivity index (χ0v) is 5.87. The lowest BCUT2D eigenvalue weighted by Gasteiger charge is -1.99. The van der Waals surface area contributed by atoms with Crippen molar-refractivity contribution in [3.8, 4) is 0 Å². The Morgan fingerprint density at radius 1 is 1.55 bits per heavy atom. The molecule has 0 fully saturated rings. The molecule has 0 bridgehead atoms. The van der Waals surface area contributed by atoms with Gasteiger partial charge in [-0.05, 0) is 0 Å². The molecule has 0 amide bonds. The maximum absolute atomic E-state index is 10.4. The SMILES string of the molecule is C=CC(=O)OCC(=C)C(=O)O. The van der Waals surface area contributed by atoms with Crippen molar-refractivity contribution in [2.75, 3.05) is 6.61 Å². The van der Waals surface area contributed by atoms with Gasteiger partial charge in [-0.25, -0.2) is 9.59 Å². The molecule has 1 N–H and O–H groups in total. The molecule has 0 aromatic rings. The number of hydrogen-bond donors (Lipinski definition) is 1. The molecule has 4 heteroatoms. The topological polar surface area (TPSA) is 63.6 Å². The molecule has 0 spiro atoms. The van der Waals surface area contributed by atoms with Gasteiger partial charge in [0.05, 0.1) is 5.57 Å². The van der Waals surface area contributed by atoms with Gasteiger partial charge in [0.25, 0.3) is 0 Å². The maximum Gasteiger partial charge on any atom is 0.334 e. The second-order valence-electron chi connectivity index (χ2n) is 1.72. The first kappa shape index (κ1) is 9.42. The van der Waals surface area contributed by atoms with Crippen molar-refractivity contribution >= 4 is 11.9 Å². The molecule has 0 saturated carbocycles. The summed E-state index contributed by atoms with van der Waals surface area (Å²) in [6.07, 6.45) is 0.954. The Morgan fingerprint density at radius 2 is 2.09 bits per heavy atom. The fourth-order valence-electron chi connectivity index (χ4n) is 0.279. The average Bonchev–Trinajstić information content (AvgIpc) is 1.99. The van der Waals surface area contributed by atoms with Gasteiger partial charge in [0.15, 0.2) is 0 Å². The molecule has 0 aromatic carbocycles. The molecule has 0 saturated heterocycles. The quantitative estimate of drug-likeness (QED) is 0.471. The van der Waals surface area contributed by atoms with E-state index < -0.39 is 11.9 Å². The summed E-state index contributed by atoms with van der Waals surface area (Å²) in [4.78, 5) is 20.4. The van der Waals surface area contributed by atoms with Crippen molar-refractivity contribution in [2.45, 2.75) is 0 Å². The third kappa shape index (κ3) is 3.91. The largest absolute Gasteiger partial charge is 0.478 e. The van der Waals surface area contributed by atoms with E-state index in [0.717, 1.165) is 6.08 Å². The minimum atomic E-state index is -1.18. The zero-order chi connectivity index (χ0) is 8.85. The number of hydrogen-bond acceptors (Lipinski definition) is 3. The fraction of sp³-hybridized carbons (Fsp3) is 0.143. The Hall–Kier alpha value is -1.58. The highest BCUT2D eigenvalue weighted by atomic mass is 16.5. The van der Waals surface area contributed by atoms with Crippen LogP contribution >= 0.6 is 0 Å². The predicted molar refractivity (Wildman–Crippen MR) is 37.9 cm³/mol. The van der Waals surface area contributed by atoms with Gasteiger partial charge >= 0.3 is 11.9 Å². The van der Waals surface area contributed by atoms with E-state index in [-0.39, 0.29) is 12.2 Å². The molecule has 0 aliphatic carbocycles. The summed E-state index contributed by atoms with van der Waals surface area (Å²) in [5.41, 5.74) is -0.166. The number of carboxylic acid groups (broad SMARTS) is 1. The first-order valence-electron chi connectivity index (χ1n) is 2.78. The Balaban J connectivity index is 3.71. The second kappa shape index (κ2) is 4.27. The molecule has 0 rings (SSSR count). The number of carbonyl (C=O) groups is 2. The summed E-state index contributed by atoms with van der Waals surface area (Å²) >= 11 is 0. The summed E-state index contributed by atoms with van der Waals surface area (Å²) < 4.78 is 4.38. The van der Waals surface area contributed by atoms with Crippen LogP contribution in [0.2, 0.25) is 0 Å². The van der Waals surface area contributed by atoms with Crippen molar-refractivity contribution in [1.29, 1.82) is 0 Å². The third-order valence-electron chi connectivity index (χ3n) is 0.858. The monoisotopic (exact) mass is 156 g/mol. The van der Waals surface area contributed by atoms with Crippen molar-refractivity contribution in [1.82, 2.24) is 0 Å². The van der Waals surface area contributed by atoms with Crippen LogP contribution in [0.5, 0.6) is 0 Å². The highest BCUT2D eigenvalue weighted by Crippen LogP contribution is 1.91. The first-order valence-corrected chi connectivity index (χ1v) is 2.78. The molecule has 0 unspecified atom stereocenters. The number of carbonyl (C=O) groups excluding carboxylic acids is 1. The van der Waals surface area contributed by atoms with E-state index in [0.29, 0.717) is 0 Å². The van der Waals surface area contributed by atoms with E-state index in [1.165, 1.54) is 0 Å². The van der Waals surface area contributed by atoms with Crippen LogP contribution < -0.4 is 0 Å². The number of aliphatic carboxylic acids is 1. The Labute approximate surface area is 63.8 Å². The maximum atomic E-state index is 10.4. The Kier molecular flexibility index (Phi) is 3.66. The van der Waals surface area contributed by atoms with E-state index >= 15 is 0 Å².